The molecule has 212 valence electrons. The van der Waals surface area contributed by atoms with Gasteiger partial charge in [-0.05, 0) is 67.3 Å². The van der Waals surface area contributed by atoms with Crippen LogP contribution in [0.4, 0.5) is 30.4 Å². The van der Waals surface area contributed by atoms with E-state index in [1.165, 1.54) is 6.33 Å². The number of rotatable bonds is 7. The molecule has 1 aliphatic heterocycles. The third kappa shape index (κ3) is 6.02. The number of aryl methyl sites for hydroxylation is 1. The van der Waals surface area contributed by atoms with Gasteiger partial charge in [0.05, 0.1) is 18.8 Å². The second-order valence-electron chi connectivity index (χ2n) is 10.2. The molecule has 9 nitrogen and oxygen atoms in total. The number of nitrogens with one attached hydrogen (secondary N) is 2. The summed E-state index contributed by atoms with van der Waals surface area (Å²) in [6, 6.07) is 9.19. The van der Waals surface area contributed by atoms with Crippen LogP contribution in [0.15, 0.2) is 49.1 Å². The molecular weight excluding hydrogens is 535 g/mol. The molecule has 1 saturated heterocycles. The van der Waals surface area contributed by atoms with Gasteiger partial charge in [-0.25, -0.2) is 15.0 Å². The second-order valence-corrected chi connectivity index (χ2v) is 10.2. The Kier molecular flexibility index (Phi) is 7.08. The second kappa shape index (κ2) is 10.8. The van der Waals surface area contributed by atoms with Gasteiger partial charge in [0.1, 0.15) is 12.7 Å². The lowest BCUT2D eigenvalue weighted by molar-refractivity contribution is -0.137. The minimum Gasteiger partial charge on any atom is -0.378 e. The molecule has 0 bridgehead atoms. The zero-order valence-corrected chi connectivity index (χ0v) is 22.3. The third-order valence-electron chi connectivity index (χ3n) is 7.11. The van der Waals surface area contributed by atoms with Gasteiger partial charge in [0.15, 0.2) is 17.0 Å². The van der Waals surface area contributed by atoms with Crippen LogP contribution in [-0.4, -0.2) is 57.8 Å². The van der Waals surface area contributed by atoms with Crippen LogP contribution in [0.3, 0.4) is 0 Å². The molecule has 2 N–H and O–H groups in total. The van der Waals surface area contributed by atoms with E-state index in [0.717, 1.165) is 36.1 Å². The first-order valence-corrected chi connectivity index (χ1v) is 13.3. The maximum atomic E-state index is 13.7. The number of imidazole rings is 1. The fraction of sp³-hybridized carbons (Fsp3) is 0.310. The number of nitrogens with zero attached hydrogens (tertiary/aromatic N) is 5. The van der Waals surface area contributed by atoms with Gasteiger partial charge in [-0.3, -0.25) is 9.36 Å². The van der Waals surface area contributed by atoms with E-state index in [4.69, 9.17) is 4.74 Å². The highest BCUT2D eigenvalue weighted by atomic mass is 19.4. The first-order chi connectivity index (χ1) is 19.7. The molecule has 2 aliphatic rings. The van der Waals surface area contributed by atoms with Crippen LogP contribution in [0.25, 0.3) is 23.4 Å². The number of amides is 1. The highest BCUT2D eigenvalue weighted by Crippen LogP contribution is 2.35. The van der Waals surface area contributed by atoms with Crippen molar-refractivity contribution in [2.45, 2.75) is 32.0 Å². The van der Waals surface area contributed by atoms with E-state index in [1.54, 1.807) is 41.4 Å². The van der Waals surface area contributed by atoms with Crippen LogP contribution in [0.1, 0.15) is 39.9 Å². The normalized spacial score (nSPS) is 16.0. The summed E-state index contributed by atoms with van der Waals surface area (Å²) in [5, 5.41) is 6.02. The van der Waals surface area contributed by atoms with Crippen molar-refractivity contribution in [3.63, 3.8) is 0 Å². The minimum atomic E-state index is -4.55. The smallest absolute Gasteiger partial charge is 0.378 e. The number of fused-ring (bicyclic) bond motifs is 1. The molecule has 0 unspecified atom stereocenters. The number of carbonyl (C=O) groups excluding carboxylic acids is 1. The van der Waals surface area contributed by atoms with E-state index in [-0.39, 0.29) is 5.69 Å². The topological polar surface area (TPSA) is 97.2 Å². The molecule has 1 saturated carbocycles. The molecule has 2 fully saturated rings. The largest absolute Gasteiger partial charge is 0.416 e. The molecule has 2 aromatic heterocycles. The molecule has 41 heavy (non-hydrogen) atoms. The SMILES string of the molecule is Cc1ccc(C(=O)Nc2cc(N3CCOCC3)cc(C(F)(F)F)c2)cc1/C=C/n1cnc2c(NC3CC3)ncnc21. The Morgan fingerprint density at radius 2 is 1.88 bits per heavy atom. The summed E-state index contributed by atoms with van der Waals surface area (Å²) in [5.41, 5.74) is 2.95. The Labute approximate surface area is 234 Å². The first-order valence-electron chi connectivity index (χ1n) is 13.3. The number of carbonyl (C=O) groups is 1. The van der Waals surface area contributed by atoms with Crippen LogP contribution in [0.2, 0.25) is 0 Å². The molecule has 3 heterocycles. The van der Waals surface area contributed by atoms with E-state index >= 15 is 0 Å². The summed E-state index contributed by atoms with van der Waals surface area (Å²) in [5.74, 6) is 0.189. The monoisotopic (exact) mass is 563 g/mol. The number of hydrogen-bond acceptors (Lipinski definition) is 7. The maximum absolute atomic E-state index is 13.7. The summed E-state index contributed by atoms with van der Waals surface area (Å²) in [6.07, 6.45) is 4.45. The number of hydrogen-bond donors (Lipinski definition) is 2. The van der Waals surface area contributed by atoms with Crippen molar-refractivity contribution in [1.29, 1.82) is 0 Å². The fourth-order valence-corrected chi connectivity index (χ4v) is 4.66. The van der Waals surface area contributed by atoms with Crippen molar-refractivity contribution in [2.24, 2.45) is 0 Å². The van der Waals surface area contributed by atoms with Crippen LogP contribution in [0.5, 0.6) is 0 Å². The highest BCUT2D eigenvalue weighted by Gasteiger charge is 2.32. The quantitative estimate of drug-likeness (QED) is 0.309. The third-order valence-corrected chi connectivity index (χ3v) is 7.11. The predicted octanol–water partition coefficient (Wildman–Crippen LogP) is 5.44. The molecule has 2 aromatic carbocycles. The average molecular weight is 564 g/mol. The fourth-order valence-electron chi connectivity index (χ4n) is 4.66. The molecule has 1 aliphatic carbocycles. The van der Waals surface area contributed by atoms with Crippen molar-refractivity contribution < 1.29 is 22.7 Å². The lowest BCUT2D eigenvalue weighted by atomic mass is 10.0. The number of benzene rings is 2. The zero-order valence-electron chi connectivity index (χ0n) is 22.3. The molecule has 0 radical (unpaired) electrons. The molecule has 0 atom stereocenters. The molecule has 1 amide bonds. The first kappa shape index (κ1) is 26.8. The average Bonchev–Trinajstić information content (AvgIpc) is 3.68. The Morgan fingerprint density at radius 3 is 2.63 bits per heavy atom. The van der Waals surface area contributed by atoms with Crippen molar-refractivity contribution in [3.8, 4) is 0 Å². The van der Waals surface area contributed by atoms with Gasteiger partial charge >= 0.3 is 6.18 Å². The number of alkyl halides is 3. The number of halogens is 3. The molecule has 0 spiro atoms. The van der Waals surface area contributed by atoms with E-state index < -0.39 is 17.6 Å². The number of anilines is 3. The summed E-state index contributed by atoms with van der Waals surface area (Å²) in [6.45, 7) is 3.71. The Hall–Kier alpha value is -4.45. The summed E-state index contributed by atoms with van der Waals surface area (Å²) >= 11 is 0. The van der Waals surface area contributed by atoms with Crippen molar-refractivity contribution in [3.05, 3.63) is 71.3 Å². The minimum absolute atomic E-state index is 0.0733. The summed E-state index contributed by atoms with van der Waals surface area (Å²) < 4.78 is 48.1. The highest BCUT2D eigenvalue weighted by molar-refractivity contribution is 6.05. The lowest BCUT2D eigenvalue weighted by Crippen LogP contribution is -2.36. The van der Waals surface area contributed by atoms with Gasteiger partial charge in [-0.15, -0.1) is 0 Å². The van der Waals surface area contributed by atoms with Crippen molar-refractivity contribution >= 4 is 46.5 Å². The van der Waals surface area contributed by atoms with Crippen LogP contribution in [0, 0.1) is 6.92 Å². The zero-order chi connectivity index (χ0) is 28.6. The molecule has 4 aromatic rings. The lowest BCUT2D eigenvalue weighted by Gasteiger charge is -2.29. The number of aromatic nitrogens is 4. The van der Waals surface area contributed by atoms with Crippen LogP contribution in [-0.2, 0) is 10.9 Å². The van der Waals surface area contributed by atoms with Gasteiger partial charge < -0.3 is 20.3 Å². The van der Waals surface area contributed by atoms with Gasteiger partial charge in [0.25, 0.3) is 5.91 Å². The van der Waals surface area contributed by atoms with Gasteiger partial charge in [0.2, 0.25) is 0 Å². The van der Waals surface area contributed by atoms with Crippen LogP contribution < -0.4 is 15.5 Å². The Balaban J connectivity index is 1.24. The van der Waals surface area contributed by atoms with Gasteiger partial charge in [-0.1, -0.05) is 6.07 Å². The summed E-state index contributed by atoms with van der Waals surface area (Å²) in [7, 11) is 0. The molecule has 12 heteroatoms. The van der Waals surface area contributed by atoms with E-state index in [0.29, 0.717) is 60.6 Å². The van der Waals surface area contributed by atoms with Crippen molar-refractivity contribution in [1.82, 2.24) is 19.5 Å². The standard InChI is InChI=1S/C29H28F3N7O2/c1-18-2-3-20(12-19(18)6-7-39-17-35-25-26(36-22-4-5-22)33-16-34-27(25)39)28(40)37-23-13-21(29(30,31)32)14-24(15-23)38-8-10-41-11-9-38/h2-3,6-7,12-17,22H,4-5,8-11H2,1H3,(H,37,40)(H,33,34,36)/b7-6+. The maximum Gasteiger partial charge on any atom is 0.416 e. The molecular formula is C29H28F3N7O2. The number of ether oxygens (including phenoxy) is 1. The Morgan fingerprint density at radius 1 is 1.07 bits per heavy atom. The predicted molar refractivity (Wildman–Crippen MR) is 151 cm³/mol. The van der Waals surface area contributed by atoms with Gasteiger partial charge in [0, 0.05) is 42.3 Å². The van der Waals surface area contributed by atoms with Crippen molar-refractivity contribution in [2.75, 3.05) is 41.8 Å². The summed E-state index contributed by atoms with van der Waals surface area (Å²) in [4.78, 5) is 28.1. The van der Waals surface area contributed by atoms with Gasteiger partial charge in [-0.2, -0.15) is 13.2 Å². The number of morpholine rings is 1. The van der Waals surface area contributed by atoms with E-state index in [1.807, 2.05) is 17.9 Å². The van der Waals surface area contributed by atoms with E-state index in [9.17, 15) is 18.0 Å². The molecule has 6 rings (SSSR count). The van der Waals surface area contributed by atoms with Crippen LogP contribution >= 0.6 is 0 Å². The Bertz CT molecular complexity index is 1620. The van der Waals surface area contributed by atoms with E-state index in [2.05, 4.69) is 25.6 Å².